The van der Waals surface area contributed by atoms with E-state index < -0.39 is 23.5 Å². The fourth-order valence-corrected chi connectivity index (χ4v) is 4.27. The van der Waals surface area contributed by atoms with E-state index in [0.717, 1.165) is 29.8 Å². The van der Waals surface area contributed by atoms with Crippen LogP contribution in [-0.4, -0.2) is 28.5 Å². The maximum atomic E-state index is 12.6. The van der Waals surface area contributed by atoms with E-state index in [1.807, 2.05) is 30.3 Å². The Morgan fingerprint density at radius 2 is 1.93 bits per heavy atom. The second-order valence-electron chi connectivity index (χ2n) is 7.09. The summed E-state index contributed by atoms with van der Waals surface area (Å²) in [6.07, 6.45) is 3.16. The molecule has 28 heavy (non-hydrogen) atoms. The number of hydrogen-bond acceptors (Lipinski definition) is 6. The third-order valence-corrected chi connectivity index (χ3v) is 6.13. The summed E-state index contributed by atoms with van der Waals surface area (Å²) >= 11 is 1.24. The van der Waals surface area contributed by atoms with Gasteiger partial charge in [0.1, 0.15) is 15.4 Å². The van der Waals surface area contributed by atoms with Crippen molar-refractivity contribution in [1.82, 2.24) is 10.3 Å². The summed E-state index contributed by atoms with van der Waals surface area (Å²) in [5.74, 6) is -1.02. The molecule has 6 nitrogen and oxygen atoms in total. The van der Waals surface area contributed by atoms with Crippen molar-refractivity contribution < 1.29 is 14.3 Å². The van der Waals surface area contributed by atoms with Crippen LogP contribution in [0, 0.1) is 18.3 Å². The summed E-state index contributed by atoms with van der Waals surface area (Å²) < 4.78 is 5.37. The minimum atomic E-state index is -0.985. The third kappa shape index (κ3) is 4.39. The monoisotopic (exact) mass is 397 g/mol. The average Bonchev–Trinajstić information content (AvgIpc) is 3.11. The van der Waals surface area contributed by atoms with Crippen LogP contribution in [0.25, 0.3) is 10.6 Å². The quantitative estimate of drug-likeness (QED) is 0.770. The van der Waals surface area contributed by atoms with Crippen LogP contribution in [0.15, 0.2) is 30.3 Å². The lowest BCUT2D eigenvalue weighted by Gasteiger charge is -2.32. The molecule has 0 spiro atoms. The van der Waals surface area contributed by atoms with Crippen molar-refractivity contribution in [1.29, 1.82) is 5.26 Å². The third-order valence-electron chi connectivity index (χ3n) is 4.94. The van der Waals surface area contributed by atoms with Gasteiger partial charge in [0.25, 0.3) is 5.91 Å². The first-order chi connectivity index (χ1) is 13.4. The van der Waals surface area contributed by atoms with Crippen molar-refractivity contribution in [3.8, 4) is 16.6 Å². The molecular formula is C21H23N3O3S. The van der Waals surface area contributed by atoms with Gasteiger partial charge >= 0.3 is 5.97 Å². The summed E-state index contributed by atoms with van der Waals surface area (Å²) in [6, 6.07) is 11.8. The average molecular weight is 398 g/mol. The molecule has 0 aliphatic heterocycles. The van der Waals surface area contributed by atoms with Gasteiger partial charge in [0.15, 0.2) is 6.10 Å². The van der Waals surface area contributed by atoms with Crippen molar-refractivity contribution in [2.24, 2.45) is 0 Å². The number of aryl methyl sites for hydroxylation is 1. The van der Waals surface area contributed by atoms with Gasteiger partial charge < -0.3 is 10.1 Å². The summed E-state index contributed by atoms with van der Waals surface area (Å²) in [4.78, 5) is 29.9. The molecule has 0 saturated heterocycles. The first-order valence-electron chi connectivity index (χ1n) is 9.41. The SMILES string of the molecule is Cc1nc(-c2ccccc2)sc1C(=O)O[C@@H](C)C(=O)NC1(C#N)CCCCC1. The van der Waals surface area contributed by atoms with E-state index >= 15 is 0 Å². The number of nitrogens with zero attached hydrogens (tertiary/aromatic N) is 2. The maximum Gasteiger partial charge on any atom is 0.351 e. The Morgan fingerprint density at radius 1 is 1.25 bits per heavy atom. The minimum absolute atomic E-state index is 0.381. The van der Waals surface area contributed by atoms with Crippen LogP contribution in [0.4, 0.5) is 0 Å². The van der Waals surface area contributed by atoms with E-state index in [0.29, 0.717) is 23.4 Å². The number of hydrogen-bond donors (Lipinski definition) is 1. The lowest BCUT2D eigenvalue weighted by Crippen LogP contribution is -2.52. The van der Waals surface area contributed by atoms with E-state index in [1.54, 1.807) is 6.92 Å². The molecule has 2 aromatic rings. The highest BCUT2D eigenvalue weighted by Crippen LogP contribution is 2.29. The van der Waals surface area contributed by atoms with E-state index in [9.17, 15) is 14.9 Å². The van der Waals surface area contributed by atoms with Crippen LogP contribution in [-0.2, 0) is 9.53 Å². The van der Waals surface area contributed by atoms with Crippen LogP contribution in [0.3, 0.4) is 0 Å². The Morgan fingerprint density at radius 3 is 2.57 bits per heavy atom. The van der Waals surface area contributed by atoms with E-state index in [1.165, 1.54) is 18.3 Å². The Kier molecular flexibility index (Phi) is 6.10. The van der Waals surface area contributed by atoms with Crippen molar-refractivity contribution in [2.45, 2.75) is 57.6 Å². The fraction of sp³-hybridized carbons (Fsp3) is 0.429. The van der Waals surface area contributed by atoms with E-state index in [4.69, 9.17) is 4.74 Å². The Hall–Kier alpha value is -2.72. The molecule has 0 unspecified atom stereocenters. The molecule has 7 heteroatoms. The topological polar surface area (TPSA) is 92.1 Å². The lowest BCUT2D eigenvalue weighted by molar-refractivity contribution is -0.130. The molecule has 1 atom stereocenters. The number of nitriles is 1. The van der Waals surface area contributed by atoms with Crippen molar-refractivity contribution in [3.05, 3.63) is 40.9 Å². The zero-order chi connectivity index (χ0) is 20.1. The van der Waals surface area contributed by atoms with E-state index in [-0.39, 0.29) is 0 Å². The summed E-state index contributed by atoms with van der Waals surface area (Å²) in [6.45, 7) is 3.27. The van der Waals surface area contributed by atoms with Gasteiger partial charge in [0.05, 0.1) is 11.8 Å². The molecule has 1 saturated carbocycles. The number of carbonyl (C=O) groups is 2. The molecule has 146 valence electrons. The normalized spacial score (nSPS) is 16.6. The largest absolute Gasteiger partial charge is 0.448 e. The predicted molar refractivity (Wildman–Crippen MR) is 107 cm³/mol. The van der Waals surface area contributed by atoms with Gasteiger partial charge in [-0.2, -0.15) is 5.26 Å². The molecule has 0 radical (unpaired) electrons. The summed E-state index contributed by atoms with van der Waals surface area (Å²) in [5.41, 5.74) is 0.646. The van der Waals surface area contributed by atoms with Gasteiger partial charge in [-0.15, -0.1) is 11.3 Å². The summed E-state index contributed by atoms with van der Waals surface area (Å²) in [7, 11) is 0. The van der Waals surface area contributed by atoms with Crippen LogP contribution in [0.2, 0.25) is 0 Å². The first-order valence-corrected chi connectivity index (χ1v) is 10.2. The van der Waals surface area contributed by atoms with Gasteiger partial charge in [0.2, 0.25) is 0 Å². The van der Waals surface area contributed by atoms with Gasteiger partial charge in [-0.3, -0.25) is 4.79 Å². The van der Waals surface area contributed by atoms with Crippen LogP contribution in [0.1, 0.15) is 54.4 Å². The molecule has 1 heterocycles. The minimum Gasteiger partial charge on any atom is -0.448 e. The Labute approximate surface area is 168 Å². The van der Waals surface area contributed by atoms with Crippen LogP contribution >= 0.6 is 11.3 Å². The molecule has 3 rings (SSSR count). The number of thiazole rings is 1. The van der Waals surface area contributed by atoms with Gasteiger partial charge in [-0.1, -0.05) is 49.6 Å². The molecule has 1 aromatic heterocycles. The highest BCUT2D eigenvalue weighted by atomic mass is 32.1. The first kappa shape index (κ1) is 20.0. The highest BCUT2D eigenvalue weighted by molar-refractivity contribution is 7.17. The lowest BCUT2D eigenvalue weighted by atomic mass is 9.83. The zero-order valence-electron chi connectivity index (χ0n) is 16.0. The number of amides is 1. The maximum absolute atomic E-state index is 12.6. The zero-order valence-corrected chi connectivity index (χ0v) is 16.8. The van der Waals surface area contributed by atoms with Gasteiger partial charge in [-0.25, -0.2) is 9.78 Å². The number of aromatic nitrogens is 1. The van der Waals surface area contributed by atoms with E-state index in [2.05, 4.69) is 16.4 Å². The molecular weight excluding hydrogens is 374 g/mol. The molecule has 1 fully saturated rings. The van der Waals surface area contributed by atoms with Crippen LogP contribution < -0.4 is 5.32 Å². The van der Waals surface area contributed by atoms with Gasteiger partial charge in [0, 0.05) is 5.56 Å². The number of nitrogens with one attached hydrogen (secondary N) is 1. The highest BCUT2D eigenvalue weighted by Gasteiger charge is 2.35. The fourth-order valence-electron chi connectivity index (χ4n) is 3.32. The predicted octanol–water partition coefficient (Wildman–Crippen LogP) is 4.01. The second kappa shape index (κ2) is 8.53. The van der Waals surface area contributed by atoms with Crippen molar-refractivity contribution >= 4 is 23.2 Å². The van der Waals surface area contributed by atoms with Crippen molar-refractivity contribution in [2.75, 3.05) is 0 Å². The molecule has 1 aliphatic rings. The Balaban J connectivity index is 1.66. The molecule has 1 amide bonds. The number of carbonyl (C=O) groups excluding carboxylic acids is 2. The molecule has 1 aromatic carbocycles. The second-order valence-corrected chi connectivity index (χ2v) is 8.09. The Bertz CT molecular complexity index is 895. The smallest absolute Gasteiger partial charge is 0.351 e. The molecule has 1 N–H and O–H groups in total. The number of esters is 1. The van der Waals surface area contributed by atoms with Gasteiger partial charge in [-0.05, 0) is 26.7 Å². The standard InChI is InChI=1S/C21H23N3O3S/c1-14-17(28-19(23-14)16-9-5-3-6-10-16)20(26)27-15(2)18(25)24-21(13-22)11-7-4-8-12-21/h3,5-6,9-10,15H,4,7-8,11-12H2,1-2H3,(H,24,25)/t15-/m0/s1. The molecule has 1 aliphatic carbocycles. The number of benzene rings is 1. The molecule has 0 bridgehead atoms. The number of rotatable bonds is 5. The van der Waals surface area contributed by atoms with Crippen molar-refractivity contribution in [3.63, 3.8) is 0 Å². The van der Waals surface area contributed by atoms with Crippen LogP contribution in [0.5, 0.6) is 0 Å². The summed E-state index contributed by atoms with van der Waals surface area (Å²) in [5, 5.41) is 13.0. The number of ether oxygens (including phenoxy) is 1.